The number of imidazole rings is 1. The van der Waals surface area contributed by atoms with Crippen LogP contribution in [0.3, 0.4) is 0 Å². The molecule has 94 valence electrons. The van der Waals surface area contributed by atoms with E-state index in [1.807, 2.05) is 32.5 Å². The maximum atomic E-state index is 9.56. The number of thioether (sulfide) groups is 1. The van der Waals surface area contributed by atoms with Gasteiger partial charge in [-0.25, -0.2) is 4.98 Å². The minimum atomic E-state index is -0.331. The van der Waals surface area contributed by atoms with Gasteiger partial charge in [0.1, 0.15) is 5.03 Å². The molecule has 4 nitrogen and oxygen atoms in total. The average Bonchev–Trinajstić information content (AvgIpc) is 2.82. The Bertz CT molecular complexity index is 492. The van der Waals surface area contributed by atoms with Gasteiger partial charge in [0.15, 0.2) is 4.96 Å². The predicted octanol–water partition coefficient (Wildman–Crippen LogP) is 1.98. The Labute approximate surface area is 109 Å². The molecule has 0 aliphatic rings. The van der Waals surface area contributed by atoms with Crippen molar-refractivity contribution in [2.24, 2.45) is 0 Å². The molecule has 2 aromatic rings. The Morgan fingerprint density at radius 2 is 2.35 bits per heavy atom. The molecule has 0 fully saturated rings. The van der Waals surface area contributed by atoms with E-state index in [-0.39, 0.29) is 11.4 Å². The summed E-state index contributed by atoms with van der Waals surface area (Å²) in [5.74, 6) is 0. The number of nitrogens with one attached hydrogen (secondary N) is 1. The fourth-order valence-corrected chi connectivity index (χ4v) is 3.30. The van der Waals surface area contributed by atoms with Gasteiger partial charge in [0.2, 0.25) is 0 Å². The Kier molecular flexibility index (Phi) is 4.09. The van der Waals surface area contributed by atoms with Gasteiger partial charge >= 0.3 is 0 Å². The lowest BCUT2D eigenvalue weighted by Crippen LogP contribution is -2.16. The molecule has 2 heterocycles. The van der Waals surface area contributed by atoms with Crippen molar-refractivity contribution in [3.63, 3.8) is 0 Å². The summed E-state index contributed by atoms with van der Waals surface area (Å²) in [6.07, 6.45) is 1.71. The number of hydrogen-bond acceptors (Lipinski definition) is 5. The largest absolute Gasteiger partial charge is 0.392 e. The number of aromatic nitrogens is 2. The Morgan fingerprint density at radius 1 is 1.59 bits per heavy atom. The molecule has 2 aromatic heterocycles. The van der Waals surface area contributed by atoms with Gasteiger partial charge in [0.25, 0.3) is 0 Å². The lowest BCUT2D eigenvalue weighted by atomic mass is 10.3. The molecule has 0 spiro atoms. The number of aliphatic hydroxyl groups excluding tert-OH is 1. The topological polar surface area (TPSA) is 49.6 Å². The Hall–Kier alpha value is -0.560. The van der Waals surface area contributed by atoms with Crippen LogP contribution in [0, 0.1) is 0 Å². The summed E-state index contributed by atoms with van der Waals surface area (Å²) in [6, 6.07) is 0. The van der Waals surface area contributed by atoms with E-state index in [4.69, 9.17) is 0 Å². The van der Waals surface area contributed by atoms with Crippen LogP contribution in [0.1, 0.15) is 19.5 Å². The van der Waals surface area contributed by atoms with Crippen LogP contribution >= 0.6 is 23.1 Å². The van der Waals surface area contributed by atoms with Crippen LogP contribution in [0.5, 0.6) is 0 Å². The number of fused-ring (bicyclic) bond motifs is 1. The van der Waals surface area contributed by atoms with Crippen LogP contribution in [0.25, 0.3) is 4.96 Å². The maximum Gasteiger partial charge on any atom is 0.194 e. The Morgan fingerprint density at radius 3 is 3.00 bits per heavy atom. The van der Waals surface area contributed by atoms with E-state index >= 15 is 0 Å². The third-order valence-corrected chi connectivity index (χ3v) is 4.72. The van der Waals surface area contributed by atoms with E-state index in [9.17, 15) is 5.11 Å². The number of thiazole rings is 1. The lowest BCUT2D eigenvalue weighted by Gasteiger charge is -2.13. The second-order valence-corrected chi connectivity index (χ2v) is 6.25. The summed E-state index contributed by atoms with van der Waals surface area (Å²) < 4.78 is 2.11. The second-order valence-electron chi connectivity index (χ2n) is 4.01. The van der Waals surface area contributed by atoms with E-state index in [2.05, 4.69) is 14.7 Å². The van der Waals surface area contributed by atoms with Crippen molar-refractivity contribution in [1.29, 1.82) is 0 Å². The van der Waals surface area contributed by atoms with Crippen LogP contribution in [-0.2, 0) is 6.54 Å². The molecular weight excluding hydrogens is 254 g/mol. The SMILES string of the molecule is CNCc1c(SC(C)C(C)O)nc2sccn12. The van der Waals surface area contributed by atoms with Crippen molar-refractivity contribution >= 4 is 28.1 Å². The van der Waals surface area contributed by atoms with Crippen LogP contribution in [0.15, 0.2) is 16.6 Å². The normalized spacial score (nSPS) is 15.3. The summed E-state index contributed by atoms with van der Waals surface area (Å²) >= 11 is 3.27. The summed E-state index contributed by atoms with van der Waals surface area (Å²) in [7, 11) is 1.93. The highest BCUT2D eigenvalue weighted by molar-refractivity contribution is 7.99. The number of nitrogens with zero attached hydrogens (tertiary/aromatic N) is 2. The molecule has 6 heteroatoms. The molecule has 0 saturated heterocycles. The maximum absolute atomic E-state index is 9.56. The smallest absolute Gasteiger partial charge is 0.194 e. The van der Waals surface area contributed by atoms with Crippen LogP contribution in [0.4, 0.5) is 0 Å². The van der Waals surface area contributed by atoms with E-state index in [0.717, 1.165) is 16.5 Å². The van der Waals surface area contributed by atoms with Gasteiger partial charge < -0.3 is 10.4 Å². The molecule has 0 amide bonds. The summed E-state index contributed by atoms with van der Waals surface area (Å²) in [5, 5.41) is 15.9. The van der Waals surface area contributed by atoms with Crippen LogP contribution < -0.4 is 5.32 Å². The molecule has 0 aromatic carbocycles. The van der Waals surface area contributed by atoms with Gasteiger partial charge in [-0.05, 0) is 14.0 Å². The van der Waals surface area contributed by atoms with Gasteiger partial charge in [0, 0.05) is 23.4 Å². The van der Waals surface area contributed by atoms with Crippen molar-refractivity contribution in [3.05, 3.63) is 17.3 Å². The fourth-order valence-electron chi connectivity index (χ4n) is 1.51. The molecule has 0 saturated carbocycles. The van der Waals surface area contributed by atoms with Crippen molar-refractivity contribution in [2.75, 3.05) is 7.05 Å². The number of aliphatic hydroxyl groups is 1. The predicted molar refractivity (Wildman–Crippen MR) is 72.8 cm³/mol. The van der Waals surface area contributed by atoms with Crippen molar-refractivity contribution in [2.45, 2.75) is 36.8 Å². The fraction of sp³-hybridized carbons (Fsp3) is 0.545. The van der Waals surface area contributed by atoms with Crippen molar-refractivity contribution < 1.29 is 5.11 Å². The van der Waals surface area contributed by atoms with E-state index in [1.165, 1.54) is 5.69 Å². The molecule has 0 aliphatic carbocycles. The molecule has 2 atom stereocenters. The molecule has 2 rings (SSSR count). The number of hydrogen-bond donors (Lipinski definition) is 2. The zero-order chi connectivity index (χ0) is 12.4. The summed E-state index contributed by atoms with van der Waals surface area (Å²) in [5.41, 5.74) is 1.17. The highest BCUT2D eigenvalue weighted by Gasteiger charge is 2.18. The van der Waals surface area contributed by atoms with Gasteiger partial charge in [-0.15, -0.1) is 11.3 Å². The number of rotatable bonds is 5. The zero-order valence-electron chi connectivity index (χ0n) is 10.2. The first kappa shape index (κ1) is 12.9. The standard InChI is InChI=1S/C11H17N3OS2/c1-7(15)8(2)17-10-9(6-12-3)14-4-5-16-11(14)13-10/h4-5,7-8,12,15H,6H2,1-3H3. The van der Waals surface area contributed by atoms with Gasteiger partial charge in [-0.2, -0.15) is 0 Å². The Balaban J connectivity index is 2.31. The molecular formula is C11H17N3OS2. The quantitative estimate of drug-likeness (QED) is 0.816. The highest BCUT2D eigenvalue weighted by Crippen LogP contribution is 2.30. The third kappa shape index (κ3) is 2.65. The van der Waals surface area contributed by atoms with E-state index in [0.29, 0.717) is 0 Å². The van der Waals surface area contributed by atoms with Crippen LogP contribution in [-0.4, -0.2) is 32.9 Å². The summed E-state index contributed by atoms with van der Waals surface area (Å²) in [6.45, 7) is 4.62. The molecule has 0 bridgehead atoms. The highest BCUT2D eigenvalue weighted by atomic mass is 32.2. The monoisotopic (exact) mass is 271 g/mol. The van der Waals surface area contributed by atoms with Crippen LogP contribution in [0.2, 0.25) is 0 Å². The minimum Gasteiger partial charge on any atom is -0.392 e. The first-order valence-corrected chi connectivity index (χ1v) is 7.33. The third-order valence-electron chi connectivity index (χ3n) is 2.65. The first-order valence-electron chi connectivity index (χ1n) is 5.57. The first-order chi connectivity index (χ1) is 8.13. The molecule has 2 N–H and O–H groups in total. The minimum absolute atomic E-state index is 0.148. The zero-order valence-corrected chi connectivity index (χ0v) is 11.8. The lowest BCUT2D eigenvalue weighted by molar-refractivity contribution is 0.196. The average molecular weight is 271 g/mol. The molecule has 2 unspecified atom stereocenters. The molecule has 0 aliphatic heterocycles. The summed E-state index contributed by atoms with van der Waals surface area (Å²) in [4.78, 5) is 5.62. The van der Waals surface area contributed by atoms with Gasteiger partial charge in [0.05, 0.1) is 11.8 Å². The molecule has 17 heavy (non-hydrogen) atoms. The molecule has 0 radical (unpaired) electrons. The van der Waals surface area contributed by atoms with Crippen molar-refractivity contribution in [1.82, 2.24) is 14.7 Å². The van der Waals surface area contributed by atoms with Gasteiger partial charge in [-0.3, -0.25) is 4.40 Å². The van der Waals surface area contributed by atoms with E-state index < -0.39 is 0 Å². The van der Waals surface area contributed by atoms with E-state index in [1.54, 1.807) is 23.1 Å². The van der Waals surface area contributed by atoms with Gasteiger partial charge in [-0.1, -0.05) is 18.7 Å². The second kappa shape index (κ2) is 5.39. The van der Waals surface area contributed by atoms with Crippen molar-refractivity contribution in [3.8, 4) is 0 Å².